The molecule has 2 nitrogen and oxygen atoms in total. The van der Waals surface area contributed by atoms with Gasteiger partial charge in [-0.2, -0.15) is 0 Å². The van der Waals surface area contributed by atoms with Crippen LogP contribution in [-0.2, 0) is 10.8 Å². The molecule has 3 heteroatoms. The van der Waals surface area contributed by atoms with Gasteiger partial charge in [0.05, 0.1) is 5.25 Å². The molecule has 0 aromatic heterocycles. The fourth-order valence-corrected chi connectivity index (χ4v) is 5.38. The lowest BCUT2D eigenvalue weighted by molar-refractivity contribution is 0.520. The summed E-state index contributed by atoms with van der Waals surface area (Å²) in [5.41, 5.74) is 0. The van der Waals surface area contributed by atoms with E-state index in [-0.39, 0.29) is 0 Å². The van der Waals surface area contributed by atoms with Gasteiger partial charge in [-0.1, -0.05) is 26.2 Å². The molecule has 0 aromatic rings. The van der Waals surface area contributed by atoms with E-state index in [2.05, 4.69) is 12.2 Å². The molecule has 3 unspecified atom stereocenters. The molecule has 2 saturated carbocycles. The van der Waals surface area contributed by atoms with Crippen LogP contribution in [-0.4, -0.2) is 27.3 Å². The van der Waals surface area contributed by atoms with Crippen molar-refractivity contribution in [3.05, 3.63) is 0 Å². The largest absolute Gasteiger partial charge is 0.313 e. The van der Waals surface area contributed by atoms with Crippen LogP contribution >= 0.6 is 0 Å². The van der Waals surface area contributed by atoms with E-state index in [4.69, 9.17) is 0 Å². The maximum Gasteiger partial charge on any atom is 0.0504 e. The van der Waals surface area contributed by atoms with Gasteiger partial charge in [-0.25, -0.2) is 0 Å². The number of hydrogen-bond donors (Lipinski definition) is 1. The molecule has 0 saturated heterocycles. The zero-order valence-electron chi connectivity index (χ0n) is 10.4. The summed E-state index contributed by atoms with van der Waals surface area (Å²) in [6.45, 7) is 3.29. The Kier molecular flexibility index (Phi) is 4.83. The molecule has 0 bridgehead atoms. The van der Waals surface area contributed by atoms with Crippen molar-refractivity contribution >= 4 is 10.8 Å². The Morgan fingerprint density at radius 2 is 1.88 bits per heavy atom. The highest BCUT2D eigenvalue weighted by molar-refractivity contribution is 7.86. The van der Waals surface area contributed by atoms with Crippen molar-refractivity contribution in [2.45, 2.75) is 74.8 Å². The summed E-state index contributed by atoms with van der Waals surface area (Å²) in [5, 5.41) is 4.57. The summed E-state index contributed by atoms with van der Waals surface area (Å²) in [6, 6.07) is 0.543. The highest BCUT2D eigenvalue weighted by Crippen LogP contribution is 2.31. The fourth-order valence-electron chi connectivity index (χ4n) is 3.14. The summed E-state index contributed by atoms with van der Waals surface area (Å²) in [7, 11) is -0.567. The molecule has 94 valence electrons. The molecule has 1 N–H and O–H groups in total. The van der Waals surface area contributed by atoms with Crippen LogP contribution in [0, 0.1) is 0 Å². The first-order valence-electron chi connectivity index (χ1n) is 6.95. The van der Waals surface area contributed by atoms with Crippen LogP contribution < -0.4 is 5.32 Å². The summed E-state index contributed by atoms with van der Waals surface area (Å²) >= 11 is 0. The smallest absolute Gasteiger partial charge is 0.0504 e. The lowest BCUT2D eigenvalue weighted by Gasteiger charge is -2.23. The molecule has 3 atom stereocenters. The van der Waals surface area contributed by atoms with Crippen molar-refractivity contribution in [1.29, 1.82) is 0 Å². The second-order valence-electron chi connectivity index (χ2n) is 5.26. The van der Waals surface area contributed by atoms with Crippen molar-refractivity contribution < 1.29 is 4.21 Å². The Bertz CT molecular complexity index is 238. The SMILES string of the molecule is CCCNC1CCCC1S(=O)C1CCCC1. The maximum absolute atomic E-state index is 12.5. The molecule has 0 amide bonds. The predicted molar refractivity (Wildman–Crippen MR) is 70.1 cm³/mol. The Hall–Kier alpha value is 0.110. The van der Waals surface area contributed by atoms with Gasteiger partial charge in [0.2, 0.25) is 0 Å². The maximum atomic E-state index is 12.5. The number of hydrogen-bond acceptors (Lipinski definition) is 2. The molecule has 0 aliphatic heterocycles. The first kappa shape index (κ1) is 12.6. The molecule has 0 radical (unpaired) electrons. The van der Waals surface area contributed by atoms with Crippen molar-refractivity contribution in [1.82, 2.24) is 5.32 Å². The molecule has 2 fully saturated rings. The Morgan fingerprint density at radius 3 is 2.56 bits per heavy atom. The summed E-state index contributed by atoms with van der Waals surface area (Å²) in [4.78, 5) is 0. The molecule has 2 aliphatic rings. The average Bonchev–Trinajstić information content (AvgIpc) is 2.96. The second-order valence-corrected chi connectivity index (χ2v) is 7.19. The summed E-state index contributed by atoms with van der Waals surface area (Å²) in [5.74, 6) is 0. The van der Waals surface area contributed by atoms with Crippen LogP contribution in [0.4, 0.5) is 0 Å². The lowest BCUT2D eigenvalue weighted by atomic mass is 10.2. The minimum Gasteiger partial charge on any atom is -0.313 e. The van der Waals surface area contributed by atoms with Gasteiger partial charge >= 0.3 is 0 Å². The van der Waals surface area contributed by atoms with Gasteiger partial charge in [-0.05, 0) is 38.6 Å². The third-order valence-corrected chi connectivity index (χ3v) is 6.33. The second kappa shape index (κ2) is 6.15. The first-order chi connectivity index (χ1) is 7.83. The number of nitrogens with one attached hydrogen (secondary N) is 1. The van der Waals surface area contributed by atoms with Crippen LogP contribution in [0.25, 0.3) is 0 Å². The van der Waals surface area contributed by atoms with Gasteiger partial charge in [0.15, 0.2) is 0 Å². The van der Waals surface area contributed by atoms with Gasteiger partial charge in [0.1, 0.15) is 0 Å². The Balaban J connectivity index is 1.88. The van der Waals surface area contributed by atoms with Crippen molar-refractivity contribution in [3.63, 3.8) is 0 Å². The fraction of sp³-hybridized carbons (Fsp3) is 1.00. The Morgan fingerprint density at radius 1 is 1.12 bits per heavy atom. The standard InChI is InChI=1S/C13H25NOS/c1-2-10-14-12-8-5-9-13(12)16(15)11-6-3-4-7-11/h11-14H,2-10H2,1H3. The molecule has 0 heterocycles. The van der Waals surface area contributed by atoms with Gasteiger partial charge < -0.3 is 5.32 Å². The molecule has 16 heavy (non-hydrogen) atoms. The molecule has 0 aromatic carbocycles. The molecular weight excluding hydrogens is 218 g/mol. The summed E-state index contributed by atoms with van der Waals surface area (Å²) in [6.07, 6.45) is 9.90. The Labute approximate surface area is 102 Å². The quantitative estimate of drug-likeness (QED) is 0.804. The topological polar surface area (TPSA) is 29.1 Å². The molecule has 2 rings (SSSR count). The highest BCUT2D eigenvalue weighted by Gasteiger charge is 2.35. The molecule has 0 spiro atoms. The van der Waals surface area contributed by atoms with E-state index in [1.54, 1.807) is 0 Å². The zero-order valence-corrected chi connectivity index (χ0v) is 11.2. The van der Waals surface area contributed by atoms with Crippen LogP contribution in [0.15, 0.2) is 0 Å². The average molecular weight is 243 g/mol. The van der Waals surface area contributed by atoms with Crippen molar-refractivity contribution in [2.75, 3.05) is 6.54 Å². The van der Waals surface area contributed by atoms with E-state index in [0.717, 1.165) is 6.54 Å². The van der Waals surface area contributed by atoms with Crippen LogP contribution in [0.3, 0.4) is 0 Å². The van der Waals surface area contributed by atoms with Gasteiger partial charge in [0, 0.05) is 22.1 Å². The third kappa shape index (κ3) is 2.86. The van der Waals surface area contributed by atoms with E-state index in [1.807, 2.05) is 0 Å². The first-order valence-corrected chi connectivity index (χ1v) is 8.23. The number of rotatable bonds is 5. The van der Waals surface area contributed by atoms with Crippen LogP contribution in [0.1, 0.15) is 58.3 Å². The molecule has 2 aliphatic carbocycles. The van der Waals surface area contributed by atoms with Crippen LogP contribution in [0.5, 0.6) is 0 Å². The van der Waals surface area contributed by atoms with E-state index in [1.165, 1.54) is 51.4 Å². The third-order valence-electron chi connectivity index (χ3n) is 4.04. The highest BCUT2D eigenvalue weighted by atomic mass is 32.2. The minimum absolute atomic E-state index is 0.453. The van der Waals surface area contributed by atoms with E-state index >= 15 is 0 Å². The van der Waals surface area contributed by atoms with Gasteiger partial charge in [-0.3, -0.25) is 4.21 Å². The van der Waals surface area contributed by atoms with Gasteiger partial charge in [0.25, 0.3) is 0 Å². The van der Waals surface area contributed by atoms with E-state index in [0.29, 0.717) is 16.5 Å². The van der Waals surface area contributed by atoms with E-state index < -0.39 is 10.8 Å². The van der Waals surface area contributed by atoms with Gasteiger partial charge in [-0.15, -0.1) is 0 Å². The van der Waals surface area contributed by atoms with E-state index in [9.17, 15) is 4.21 Å². The predicted octanol–water partition coefficient (Wildman–Crippen LogP) is 2.60. The monoisotopic (exact) mass is 243 g/mol. The molecular formula is C13H25NOS. The minimum atomic E-state index is -0.567. The van der Waals surface area contributed by atoms with Crippen LogP contribution in [0.2, 0.25) is 0 Å². The van der Waals surface area contributed by atoms with Crippen molar-refractivity contribution in [2.24, 2.45) is 0 Å². The summed E-state index contributed by atoms with van der Waals surface area (Å²) < 4.78 is 12.5. The van der Waals surface area contributed by atoms with Crippen molar-refractivity contribution in [3.8, 4) is 0 Å². The zero-order chi connectivity index (χ0) is 11.4. The normalized spacial score (nSPS) is 33.3. The lowest BCUT2D eigenvalue weighted by Crippen LogP contribution is -2.40.